The number of hydrogen-bond acceptors (Lipinski definition) is 0. The lowest BCUT2D eigenvalue weighted by atomic mass is 9.92. The van der Waals surface area contributed by atoms with Gasteiger partial charge in [-0.1, -0.05) is 195 Å². The maximum Gasteiger partial charge on any atom is 0.113 e. The van der Waals surface area contributed by atoms with Crippen molar-refractivity contribution < 1.29 is 0 Å². The quantitative estimate of drug-likeness (QED) is 0.122. The van der Waals surface area contributed by atoms with E-state index in [1.165, 1.54) is 147 Å². The van der Waals surface area contributed by atoms with Gasteiger partial charge in [0.25, 0.3) is 0 Å². The fraction of sp³-hybridized carbons (Fsp3) is 0.0294. The summed E-state index contributed by atoms with van der Waals surface area (Å²) < 4.78 is 2.54. The molecular weight excluding hydrogens is 859 g/mol. The van der Waals surface area contributed by atoms with E-state index in [1.807, 2.05) is 0 Å². The van der Waals surface area contributed by atoms with Gasteiger partial charge in [-0.2, -0.15) is 0 Å². The maximum atomic E-state index is 2.55. The second-order valence-corrected chi connectivity index (χ2v) is 24.3. The van der Waals surface area contributed by atoms with Gasteiger partial charge in [-0.05, 0) is 174 Å². The first kappa shape index (κ1) is 39.4. The summed E-state index contributed by atoms with van der Waals surface area (Å²) in [5.74, 6) is 0. The van der Waals surface area contributed by atoms with Crippen molar-refractivity contribution in [3.63, 3.8) is 0 Å². The van der Waals surface area contributed by atoms with E-state index in [1.54, 1.807) is 0 Å². The lowest BCUT2D eigenvalue weighted by Crippen LogP contribution is -2.49. The van der Waals surface area contributed by atoms with Crippen molar-refractivity contribution in [3.05, 3.63) is 237 Å². The SMILES string of the molecule is C[Si]1(C)c2cc(-c3cc4ccccc4c4ccccc34)ccc2-c2ccc(-n3c4ccc(-c5cc6ccccc6c6ccccc56)cc4c4cc(-c5cc6ccccc6c6ccccc56)ccc43)cc21. The lowest BCUT2D eigenvalue weighted by molar-refractivity contribution is 1.18. The van der Waals surface area contributed by atoms with Crippen molar-refractivity contribution in [2.75, 3.05) is 0 Å². The molecule has 0 atom stereocenters. The highest BCUT2D eigenvalue weighted by Crippen LogP contribution is 2.43. The summed E-state index contributed by atoms with van der Waals surface area (Å²) in [5, 5.41) is 20.9. The molecule has 1 aliphatic heterocycles. The standard InChI is InChI=1S/C68H45NSi/c1-70(2)67-40-47(62-37-44-17-5-8-20-51(44)54-23-11-14-26-57(54)62)27-31-58(67)59-32-30-48(41-68(59)70)69-65-33-28-45(60-35-42-15-3-6-18-49(42)52-21-9-12-24-55(52)60)38-63(65)64-39-46(29-34-66(64)69)61-36-43-16-4-7-19-50(43)53-22-10-13-25-56(53)61/h3-41H,1-2H3. The third kappa shape index (κ3) is 5.66. The van der Waals surface area contributed by atoms with E-state index in [0.717, 1.165) is 0 Å². The molecule has 0 bridgehead atoms. The average Bonchev–Trinajstić information content (AvgIpc) is 3.86. The molecule has 0 radical (unpaired) electrons. The van der Waals surface area contributed by atoms with Crippen LogP contribution in [-0.4, -0.2) is 12.6 Å². The Morgan fingerprint density at radius 3 is 1.04 bits per heavy atom. The van der Waals surface area contributed by atoms with Crippen molar-refractivity contribution >= 4 is 105 Å². The molecule has 13 aromatic carbocycles. The van der Waals surface area contributed by atoms with Crippen molar-refractivity contribution in [1.29, 1.82) is 0 Å². The summed E-state index contributed by atoms with van der Waals surface area (Å²) in [7, 11) is -2.16. The average molecular weight is 904 g/mol. The maximum absolute atomic E-state index is 2.55. The van der Waals surface area contributed by atoms with Crippen LogP contribution in [-0.2, 0) is 0 Å². The molecule has 15 rings (SSSR count). The molecule has 0 fully saturated rings. The number of rotatable bonds is 4. The lowest BCUT2D eigenvalue weighted by Gasteiger charge is -2.21. The number of hydrogen-bond donors (Lipinski definition) is 0. The second kappa shape index (κ2) is 14.7. The zero-order chi connectivity index (χ0) is 46.2. The fourth-order valence-electron chi connectivity index (χ4n) is 12.5. The summed E-state index contributed by atoms with van der Waals surface area (Å²) in [4.78, 5) is 0. The van der Waals surface area contributed by atoms with Crippen LogP contribution in [0.1, 0.15) is 0 Å². The van der Waals surface area contributed by atoms with Gasteiger partial charge >= 0.3 is 0 Å². The van der Waals surface area contributed by atoms with Crippen molar-refractivity contribution in [1.82, 2.24) is 4.57 Å². The third-order valence-corrected chi connectivity index (χ3v) is 19.4. The molecule has 0 saturated heterocycles. The Morgan fingerprint density at radius 2 is 0.600 bits per heavy atom. The van der Waals surface area contributed by atoms with Crippen LogP contribution in [0.4, 0.5) is 0 Å². The molecule has 0 N–H and O–H groups in total. The molecule has 2 heteroatoms. The minimum atomic E-state index is -2.16. The molecular formula is C68H45NSi. The highest BCUT2D eigenvalue weighted by molar-refractivity contribution is 7.04. The zero-order valence-corrected chi connectivity index (χ0v) is 40.0. The van der Waals surface area contributed by atoms with E-state index in [-0.39, 0.29) is 0 Å². The van der Waals surface area contributed by atoms with Crippen LogP contribution in [0.2, 0.25) is 13.1 Å². The second-order valence-electron chi connectivity index (χ2n) is 20.0. The number of aromatic nitrogens is 1. The van der Waals surface area contributed by atoms with Crippen LogP contribution < -0.4 is 10.4 Å². The normalized spacial score (nSPS) is 13.1. The van der Waals surface area contributed by atoms with Gasteiger partial charge in [-0.25, -0.2) is 0 Å². The van der Waals surface area contributed by atoms with Gasteiger partial charge in [0.15, 0.2) is 0 Å². The van der Waals surface area contributed by atoms with Crippen molar-refractivity contribution in [3.8, 4) is 50.2 Å². The summed E-state index contributed by atoms with van der Waals surface area (Å²) >= 11 is 0. The van der Waals surface area contributed by atoms with Gasteiger partial charge in [0.1, 0.15) is 8.07 Å². The van der Waals surface area contributed by atoms with Gasteiger partial charge in [-0.3, -0.25) is 0 Å². The van der Waals surface area contributed by atoms with Gasteiger partial charge in [0, 0.05) is 16.5 Å². The molecule has 1 nitrogen and oxygen atoms in total. The highest BCUT2D eigenvalue weighted by Gasteiger charge is 2.38. The molecule has 1 aliphatic rings. The van der Waals surface area contributed by atoms with E-state index < -0.39 is 8.07 Å². The van der Waals surface area contributed by atoms with Crippen LogP contribution in [0.3, 0.4) is 0 Å². The molecule has 0 aliphatic carbocycles. The minimum Gasteiger partial charge on any atom is -0.309 e. The van der Waals surface area contributed by atoms with Crippen LogP contribution in [0.5, 0.6) is 0 Å². The molecule has 2 heterocycles. The molecule has 1 aromatic heterocycles. The number of benzene rings is 13. The summed E-state index contributed by atoms with van der Waals surface area (Å²) in [5.41, 5.74) is 14.0. The van der Waals surface area contributed by atoms with Gasteiger partial charge in [0.2, 0.25) is 0 Å². The Balaban J connectivity index is 0.931. The van der Waals surface area contributed by atoms with E-state index in [0.29, 0.717) is 0 Å². The van der Waals surface area contributed by atoms with Crippen molar-refractivity contribution in [2.24, 2.45) is 0 Å². The first-order valence-electron chi connectivity index (χ1n) is 24.6. The molecule has 0 spiro atoms. The Morgan fingerprint density at radius 1 is 0.257 bits per heavy atom. The highest BCUT2D eigenvalue weighted by atomic mass is 28.3. The largest absolute Gasteiger partial charge is 0.309 e. The molecule has 0 unspecified atom stereocenters. The predicted octanol–water partition coefficient (Wildman–Crippen LogP) is 17.5. The Hall–Kier alpha value is -8.56. The fourth-order valence-corrected chi connectivity index (χ4v) is 15.6. The molecule has 70 heavy (non-hydrogen) atoms. The summed E-state index contributed by atoms with van der Waals surface area (Å²) in [6.07, 6.45) is 0. The van der Waals surface area contributed by atoms with Crippen LogP contribution in [0.15, 0.2) is 237 Å². The number of fused-ring (bicyclic) bond motifs is 15. The van der Waals surface area contributed by atoms with Gasteiger partial charge in [-0.15, -0.1) is 0 Å². The van der Waals surface area contributed by atoms with E-state index >= 15 is 0 Å². The summed E-state index contributed by atoms with van der Waals surface area (Å²) in [6.45, 7) is 5.10. The third-order valence-electron chi connectivity index (χ3n) is 15.9. The Kier molecular flexibility index (Phi) is 8.29. The predicted molar refractivity (Wildman–Crippen MR) is 304 cm³/mol. The van der Waals surface area contributed by atoms with Crippen LogP contribution in [0.25, 0.3) is 137 Å². The molecule has 0 amide bonds. The van der Waals surface area contributed by atoms with E-state index in [9.17, 15) is 0 Å². The first-order chi connectivity index (χ1) is 34.5. The molecule has 14 aromatic rings. The van der Waals surface area contributed by atoms with Gasteiger partial charge in [0.05, 0.1) is 11.0 Å². The van der Waals surface area contributed by atoms with Crippen LogP contribution in [0, 0.1) is 0 Å². The first-order valence-corrected chi connectivity index (χ1v) is 27.6. The zero-order valence-electron chi connectivity index (χ0n) is 39.0. The monoisotopic (exact) mass is 903 g/mol. The summed E-state index contributed by atoms with van der Waals surface area (Å²) in [6, 6.07) is 89.3. The molecule has 0 saturated carbocycles. The molecule has 326 valence electrons. The van der Waals surface area contributed by atoms with Crippen LogP contribution >= 0.6 is 0 Å². The van der Waals surface area contributed by atoms with E-state index in [2.05, 4.69) is 254 Å². The van der Waals surface area contributed by atoms with Gasteiger partial charge < -0.3 is 4.57 Å². The number of nitrogens with zero attached hydrogens (tertiary/aromatic N) is 1. The Bertz CT molecular complexity index is 4390. The smallest absolute Gasteiger partial charge is 0.113 e. The Labute approximate surface area is 407 Å². The van der Waals surface area contributed by atoms with Crippen molar-refractivity contribution in [2.45, 2.75) is 13.1 Å². The topological polar surface area (TPSA) is 4.93 Å². The minimum absolute atomic E-state index is 1.21. The van der Waals surface area contributed by atoms with E-state index in [4.69, 9.17) is 0 Å².